The summed E-state index contributed by atoms with van der Waals surface area (Å²) < 4.78 is 0. The lowest BCUT2D eigenvalue weighted by molar-refractivity contribution is 1.16. The molecule has 0 saturated heterocycles. The van der Waals surface area contributed by atoms with Crippen LogP contribution in [0.3, 0.4) is 0 Å². The molecule has 1 aromatic heterocycles. The minimum Gasteiger partial charge on any atom is -0.338 e. The number of hydrogen-bond acceptors (Lipinski definition) is 4. The molecule has 0 unspecified atom stereocenters. The van der Waals surface area contributed by atoms with Crippen molar-refractivity contribution in [2.24, 2.45) is 4.99 Å². The van der Waals surface area contributed by atoms with Gasteiger partial charge in [0, 0.05) is 16.8 Å². The first-order valence-electron chi connectivity index (χ1n) is 7.14. The Labute approximate surface area is 128 Å². The molecular weight excluding hydrogens is 272 g/mol. The monoisotopic (exact) mass is 286 g/mol. The number of hydrogen-bond donors (Lipinski definition) is 1. The maximum absolute atomic E-state index is 4.84. The van der Waals surface area contributed by atoms with Crippen molar-refractivity contribution in [3.63, 3.8) is 0 Å². The van der Waals surface area contributed by atoms with E-state index < -0.39 is 0 Å². The van der Waals surface area contributed by atoms with Gasteiger partial charge in [-0.25, -0.2) is 15.0 Å². The van der Waals surface area contributed by atoms with Crippen LogP contribution in [0.5, 0.6) is 0 Å². The third kappa shape index (κ3) is 2.05. The van der Waals surface area contributed by atoms with Crippen molar-refractivity contribution in [1.29, 1.82) is 0 Å². The van der Waals surface area contributed by atoms with Crippen LogP contribution < -0.4 is 5.32 Å². The molecule has 0 aliphatic carbocycles. The second-order valence-electron chi connectivity index (χ2n) is 5.21. The van der Waals surface area contributed by atoms with Gasteiger partial charge in [-0.05, 0) is 18.6 Å². The van der Waals surface area contributed by atoms with Crippen LogP contribution in [0.15, 0.2) is 66.0 Å². The van der Waals surface area contributed by atoms with Crippen LogP contribution in [0.4, 0.5) is 17.2 Å². The van der Waals surface area contributed by atoms with E-state index in [9.17, 15) is 0 Å². The molecule has 0 radical (unpaired) electrons. The van der Waals surface area contributed by atoms with Gasteiger partial charge in [0.25, 0.3) is 0 Å². The number of fused-ring (bicyclic) bond motifs is 2. The van der Waals surface area contributed by atoms with Crippen LogP contribution in [0.25, 0.3) is 0 Å². The van der Waals surface area contributed by atoms with Gasteiger partial charge in [-0.2, -0.15) is 0 Å². The number of aliphatic imine (C=N–C) groups is 1. The minimum atomic E-state index is 0.729. The molecular formula is C18H14N4. The Balaban J connectivity index is 2.04. The summed E-state index contributed by atoms with van der Waals surface area (Å²) in [5.74, 6) is 0.729. The van der Waals surface area contributed by atoms with Crippen LogP contribution in [0, 0.1) is 6.92 Å². The van der Waals surface area contributed by atoms with E-state index >= 15 is 0 Å². The number of nitrogens with zero attached hydrogens (tertiary/aromatic N) is 3. The van der Waals surface area contributed by atoms with Gasteiger partial charge in [-0.3, -0.25) is 0 Å². The first kappa shape index (κ1) is 12.7. The molecule has 1 aliphatic rings. The Bertz CT molecular complexity index is 869. The fourth-order valence-corrected chi connectivity index (χ4v) is 2.70. The zero-order chi connectivity index (χ0) is 14.9. The Kier molecular flexibility index (Phi) is 2.93. The van der Waals surface area contributed by atoms with Gasteiger partial charge < -0.3 is 5.32 Å². The normalized spacial score (nSPS) is 12.5. The van der Waals surface area contributed by atoms with Crippen molar-refractivity contribution in [2.45, 2.75) is 6.92 Å². The molecule has 0 bridgehead atoms. The van der Waals surface area contributed by atoms with E-state index in [1.165, 1.54) is 11.9 Å². The average molecular weight is 286 g/mol. The lowest BCUT2D eigenvalue weighted by Gasteiger charge is -2.13. The van der Waals surface area contributed by atoms with Crippen molar-refractivity contribution < 1.29 is 0 Å². The lowest BCUT2D eigenvalue weighted by Crippen LogP contribution is -2.07. The Hall–Kier alpha value is -3.01. The molecule has 4 rings (SSSR count). The van der Waals surface area contributed by atoms with Crippen LogP contribution in [-0.2, 0) is 0 Å². The molecule has 0 fully saturated rings. The number of benzene rings is 2. The predicted octanol–water partition coefficient (Wildman–Crippen LogP) is 4.01. The van der Waals surface area contributed by atoms with Gasteiger partial charge in [-0.1, -0.05) is 42.5 Å². The summed E-state index contributed by atoms with van der Waals surface area (Å²) in [6, 6.07) is 16.4. The van der Waals surface area contributed by atoms with Crippen molar-refractivity contribution in [1.82, 2.24) is 9.97 Å². The van der Waals surface area contributed by atoms with Crippen molar-refractivity contribution >= 4 is 22.9 Å². The minimum absolute atomic E-state index is 0.729. The number of nitrogens with one attached hydrogen (secondary N) is 1. The SMILES string of the molecule is Cc1cccc2c1C(c1ccccc1)=Nc1cncnc1N2. The lowest BCUT2D eigenvalue weighted by atomic mass is 9.96. The molecule has 2 heterocycles. The molecule has 4 nitrogen and oxygen atoms in total. The van der Waals surface area contributed by atoms with E-state index in [1.54, 1.807) is 6.20 Å². The molecule has 2 aromatic carbocycles. The molecule has 4 heteroatoms. The average Bonchev–Trinajstić information content (AvgIpc) is 2.73. The zero-order valence-corrected chi connectivity index (χ0v) is 12.1. The van der Waals surface area contributed by atoms with Crippen molar-refractivity contribution in [3.8, 4) is 0 Å². The largest absolute Gasteiger partial charge is 0.338 e. The summed E-state index contributed by atoms with van der Waals surface area (Å²) in [6.45, 7) is 2.10. The first-order chi connectivity index (χ1) is 10.8. The molecule has 1 N–H and O–H groups in total. The molecule has 106 valence electrons. The van der Waals surface area contributed by atoms with E-state index in [1.807, 2.05) is 24.3 Å². The highest BCUT2D eigenvalue weighted by atomic mass is 15.1. The molecule has 22 heavy (non-hydrogen) atoms. The highest BCUT2D eigenvalue weighted by molar-refractivity contribution is 6.19. The highest BCUT2D eigenvalue weighted by Gasteiger charge is 2.19. The van der Waals surface area contributed by atoms with E-state index in [0.29, 0.717) is 0 Å². The third-order valence-electron chi connectivity index (χ3n) is 3.74. The van der Waals surface area contributed by atoms with Gasteiger partial charge in [0.2, 0.25) is 0 Å². The number of rotatable bonds is 1. The zero-order valence-electron chi connectivity index (χ0n) is 12.1. The van der Waals surface area contributed by atoms with Crippen LogP contribution in [0.1, 0.15) is 16.7 Å². The van der Waals surface area contributed by atoms with E-state index in [-0.39, 0.29) is 0 Å². The Morgan fingerprint density at radius 3 is 2.68 bits per heavy atom. The molecule has 0 saturated carbocycles. The summed E-state index contributed by atoms with van der Waals surface area (Å²) in [7, 11) is 0. The van der Waals surface area contributed by atoms with Gasteiger partial charge in [-0.15, -0.1) is 0 Å². The second-order valence-corrected chi connectivity index (χ2v) is 5.21. The van der Waals surface area contributed by atoms with Crippen LogP contribution in [-0.4, -0.2) is 15.7 Å². The van der Waals surface area contributed by atoms with Crippen LogP contribution >= 0.6 is 0 Å². The summed E-state index contributed by atoms with van der Waals surface area (Å²) in [4.78, 5) is 13.2. The summed E-state index contributed by atoms with van der Waals surface area (Å²) in [6.07, 6.45) is 3.27. The molecule has 0 atom stereocenters. The second kappa shape index (κ2) is 5.07. The highest BCUT2D eigenvalue weighted by Crippen LogP contribution is 2.34. The molecule has 1 aliphatic heterocycles. The molecule has 0 amide bonds. The van der Waals surface area contributed by atoms with Gasteiger partial charge in [0.1, 0.15) is 12.0 Å². The van der Waals surface area contributed by atoms with Gasteiger partial charge >= 0.3 is 0 Å². The van der Waals surface area contributed by atoms with Gasteiger partial charge in [0.15, 0.2) is 5.82 Å². The van der Waals surface area contributed by atoms with E-state index in [0.717, 1.165) is 34.0 Å². The maximum atomic E-state index is 4.84. The van der Waals surface area contributed by atoms with E-state index in [2.05, 4.69) is 46.5 Å². The summed E-state index contributed by atoms with van der Waals surface area (Å²) in [5.41, 5.74) is 6.06. The standard InChI is InChI=1S/C18H14N4/c1-12-6-5-9-14-16(12)17(13-7-3-2-4-8-13)21-15-10-19-11-20-18(15)22-14/h2-11H,1H3,(H,19,20,22). The topological polar surface area (TPSA) is 50.2 Å². The third-order valence-corrected chi connectivity index (χ3v) is 3.74. The molecule has 0 spiro atoms. The maximum Gasteiger partial charge on any atom is 0.159 e. The Morgan fingerprint density at radius 2 is 1.82 bits per heavy atom. The van der Waals surface area contributed by atoms with Crippen molar-refractivity contribution in [3.05, 3.63) is 77.7 Å². The van der Waals surface area contributed by atoms with Gasteiger partial charge in [0.05, 0.1) is 11.9 Å². The Morgan fingerprint density at radius 1 is 0.955 bits per heavy atom. The number of anilines is 2. The number of aromatic nitrogens is 2. The number of aryl methyl sites for hydroxylation is 1. The summed E-state index contributed by atoms with van der Waals surface area (Å²) in [5, 5.41) is 3.38. The van der Waals surface area contributed by atoms with Crippen molar-refractivity contribution in [2.75, 3.05) is 5.32 Å². The molecule has 3 aromatic rings. The summed E-state index contributed by atoms with van der Waals surface area (Å²) >= 11 is 0. The first-order valence-corrected chi connectivity index (χ1v) is 7.14. The quantitative estimate of drug-likeness (QED) is 0.575. The predicted molar refractivity (Wildman–Crippen MR) is 88.2 cm³/mol. The smallest absolute Gasteiger partial charge is 0.159 e. The fourth-order valence-electron chi connectivity index (χ4n) is 2.70. The van der Waals surface area contributed by atoms with Crippen LogP contribution in [0.2, 0.25) is 0 Å². The fraction of sp³-hybridized carbons (Fsp3) is 0.0556. The van der Waals surface area contributed by atoms with E-state index in [4.69, 9.17) is 4.99 Å².